The van der Waals surface area contributed by atoms with Crippen molar-refractivity contribution >= 4 is 21.6 Å². The van der Waals surface area contributed by atoms with Crippen molar-refractivity contribution in [2.75, 3.05) is 5.73 Å². The van der Waals surface area contributed by atoms with E-state index in [1.807, 2.05) is 25.1 Å². The van der Waals surface area contributed by atoms with Crippen molar-refractivity contribution in [3.05, 3.63) is 34.4 Å². The standard InChI is InChI=1S/C10H9BrN2O/c1-6-2-7(4-8(11)3-6)10-9(12)5-13-14-10/h2-5H,12H2,1H3. The fourth-order valence-corrected chi connectivity index (χ4v) is 1.94. The minimum absolute atomic E-state index is 0.558. The van der Waals surface area contributed by atoms with Crippen molar-refractivity contribution in [3.63, 3.8) is 0 Å². The van der Waals surface area contributed by atoms with E-state index in [0.29, 0.717) is 11.4 Å². The van der Waals surface area contributed by atoms with Gasteiger partial charge in [0.2, 0.25) is 0 Å². The third-order valence-corrected chi connectivity index (χ3v) is 2.36. The highest BCUT2D eigenvalue weighted by molar-refractivity contribution is 9.10. The molecule has 72 valence electrons. The summed E-state index contributed by atoms with van der Waals surface area (Å²) < 4.78 is 6.07. The van der Waals surface area contributed by atoms with Crippen LogP contribution in [0.5, 0.6) is 0 Å². The van der Waals surface area contributed by atoms with Gasteiger partial charge >= 0.3 is 0 Å². The molecule has 1 aromatic heterocycles. The maximum Gasteiger partial charge on any atom is 0.189 e. The van der Waals surface area contributed by atoms with E-state index in [1.165, 1.54) is 6.20 Å². The second-order valence-electron chi connectivity index (χ2n) is 3.13. The van der Waals surface area contributed by atoms with Gasteiger partial charge in [0.25, 0.3) is 0 Å². The molecule has 1 aromatic carbocycles. The lowest BCUT2D eigenvalue weighted by Gasteiger charge is -2.00. The van der Waals surface area contributed by atoms with Gasteiger partial charge in [-0.1, -0.05) is 21.1 Å². The zero-order valence-electron chi connectivity index (χ0n) is 7.62. The summed E-state index contributed by atoms with van der Waals surface area (Å²) in [7, 11) is 0. The van der Waals surface area contributed by atoms with Crippen LogP contribution in [-0.4, -0.2) is 5.16 Å². The molecule has 0 aliphatic carbocycles. The third kappa shape index (κ3) is 1.65. The van der Waals surface area contributed by atoms with Gasteiger partial charge in [0, 0.05) is 10.0 Å². The summed E-state index contributed by atoms with van der Waals surface area (Å²) >= 11 is 3.42. The highest BCUT2D eigenvalue weighted by atomic mass is 79.9. The Kier molecular flexibility index (Phi) is 2.29. The molecule has 2 aromatic rings. The number of nitrogens with zero attached hydrogens (tertiary/aromatic N) is 1. The minimum Gasteiger partial charge on any atom is -0.394 e. The van der Waals surface area contributed by atoms with Crippen LogP contribution in [0.25, 0.3) is 11.3 Å². The van der Waals surface area contributed by atoms with Gasteiger partial charge in [0.1, 0.15) is 5.69 Å². The first-order chi connectivity index (χ1) is 6.66. The molecule has 0 bridgehead atoms. The Morgan fingerprint density at radius 3 is 2.71 bits per heavy atom. The molecule has 0 atom stereocenters. The highest BCUT2D eigenvalue weighted by Crippen LogP contribution is 2.28. The van der Waals surface area contributed by atoms with Gasteiger partial charge in [0.15, 0.2) is 5.76 Å². The lowest BCUT2D eigenvalue weighted by Crippen LogP contribution is -1.85. The van der Waals surface area contributed by atoms with E-state index in [4.69, 9.17) is 10.3 Å². The van der Waals surface area contributed by atoms with Crippen LogP contribution < -0.4 is 5.73 Å². The van der Waals surface area contributed by atoms with Gasteiger partial charge in [-0.05, 0) is 30.7 Å². The quantitative estimate of drug-likeness (QED) is 0.849. The van der Waals surface area contributed by atoms with Crippen molar-refractivity contribution in [2.24, 2.45) is 0 Å². The van der Waals surface area contributed by atoms with Gasteiger partial charge in [-0.3, -0.25) is 0 Å². The van der Waals surface area contributed by atoms with Gasteiger partial charge in [-0.15, -0.1) is 0 Å². The summed E-state index contributed by atoms with van der Waals surface area (Å²) in [6, 6.07) is 5.97. The second kappa shape index (κ2) is 3.46. The number of halogens is 1. The molecule has 0 unspecified atom stereocenters. The Morgan fingerprint density at radius 2 is 2.14 bits per heavy atom. The van der Waals surface area contributed by atoms with Crippen LogP contribution in [0.3, 0.4) is 0 Å². The van der Waals surface area contributed by atoms with Crippen molar-refractivity contribution in [1.29, 1.82) is 0 Å². The van der Waals surface area contributed by atoms with E-state index in [9.17, 15) is 0 Å². The summed E-state index contributed by atoms with van der Waals surface area (Å²) in [5.41, 5.74) is 8.34. The minimum atomic E-state index is 0.558. The first kappa shape index (κ1) is 9.27. The topological polar surface area (TPSA) is 52.0 Å². The van der Waals surface area contributed by atoms with Crippen molar-refractivity contribution < 1.29 is 4.52 Å². The fraction of sp³-hybridized carbons (Fsp3) is 0.100. The third-order valence-electron chi connectivity index (χ3n) is 1.90. The number of hydrogen-bond acceptors (Lipinski definition) is 3. The molecule has 0 fully saturated rings. The predicted molar refractivity (Wildman–Crippen MR) is 58.8 cm³/mol. The lowest BCUT2D eigenvalue weighted by molar-refractivity contribution is 0.432. The molecular weight excluding hydrogens is 244 g/mol. The monoisotopic (exact) mass is 252 g/mol. The predicted octanol–water partition coefficient (Wildman–Crippen LogP) is 2.99. The molecule has 0 radical (unpaired) electrons. The molecule has 2 N–H and O–H groups in total. The highest BCUT2D eigenvalue weighted by Gasteiger charge is 2.08. The SMILES string of the molecule is Cc1cc(Br)cc(-c2oncc2N)c1. The van der Waals surface area contributed by atoms with Crippen molar-refractivity contribution in [1.82, 2.24) is 5.16 Å². The Hall–Kier alpha value is -1.29. The Bertz CT molecular complexity index is 445. The van der Waals surface area contributed by atoms with Crippen molar-refractivity contribution in [2.45, 2.75) is 6.92 Å². The molecule has 0 amide bonds. The average Bonchev–Trinajstić information content (AvgIpc) is 2.49. The van der Waals surface area contributed by atoms with E-state index in [2.05, 4.69) is 21.1 Å². The molecule has 3 nitrogen and oxygen atoms in total. The maximum atomic E-state index is 5.70. The summed E-state index contributed by atoms with van der Waals surface area (Å²) in [4.78, 5) is 0. The van der Waals surface area contributed by atoms with E-state index < -0.39 is 0 Å². The first-order valence-corrected chi connectivity index (χ1v) is 4.94. The second-order valence-corrected chi connectivity index (χ2v) is 4.04. The Morgan fingerprint density at radius 1 is 1.36 bits per heavy atom. The molecule has 0 saturated carbocycles. The molecule has 0 saturated heterocycles. The summed E-state index contributed by atoms with van der Waals surface area (Å²) in [5, 5.41) is 3.64. The van der Waals surface area contributed by atoms with Crippen LogP contribution >= 0.6 is 15.9 Å². The van der Waals surface area contributed by atoms with Gasteiger partial charge in [-0.25, -0.2) is 0 Å². The molecule has 0 spiro atoms. The normalized spacial score (nSPS) is 10.4. The lowest BCUT2D eigenvalue weighted by atomic mass is 10.1. The zero-order valence-corrected chi connectivity index (χ0v) is 9.21. The Balaban J connectivity index is 2.57. The fourth-order valence-electron chi connectivity index (χ4n) is 1.33. The summed E-state index contributed by atoms with van der Waals surface area (Å²) in [5.74, 6) is 0.620. The smallest absolute Gasteiger partial charge is 0.189 e. The molecule has 0 aliphatic heterocycles. The molecule has 14 heavy (non-hydrogen) atoms. The molecule has 2 rings (SSSR count). The molecule has 1 heterocycles. The van der Waals surface area contributed by atoms with Crippen LogP contribution in [0.1, 0.15) is 5.56 Å². The van der Waals surface area contributed by atoms with Gasteiger partial charge in [0.05, 0.1) is 6.20 Å². The number of aryl methyl sites for hydroxylation is 1. The number of hydrogen-bond donors (Lipinski definition) is 1. The molecular formula is C10H9BrN2O. The molecule has 0 aliphatic rings. The van der Waals surface area contributed by atoms with Gasteiger partial charge < -0.3 is 10.3 Å². The van der Waals surface area contributed by atoms with Crippen LogP contribution in [0.4, 0.5) is 5.69 Å². The van der Waals surface area contributed by atoms with E-state index in [-0.39, 0.29) is 0 Å². The zero-order chi connectivity index (χ0) is 10.1. The number of aromatic nitrogens is 1. The number of rotatable bonds is 1. The van der Waals surface area contributed by atoms with E-state index in [1.54, 1.807) is 0 Å². The number of nitrogens with two attached hydrogens (primary N) is 1. The summed E-state index contributed by atoms with van der Waals surface area (Å²) in [6.45, 7) is 2.01. The van der Waals surface area contributed by atoms with Crippen LogP contribution in [-0.2, 0) is 0 Å². The first-order valence-electron chi connectivity index (χ1n) is 4.14. The van der Waals surface area contributed by atoms with Gasteiger partial charge in [-0.2, -0.15) is 0 Å². The average molecular weight is 253 g/mol. The maximum absolute atomic E-state index is 5.70. The number of nitrogen functional groups attached to an aromatic ring is 1. The van der Waals surface area contributed by atoms with E-state index in [0.717, 1.165) is 15.6 Å². The van der Waals surface area contributed by atoms with Crippen LogP contribution in [0.2, 0.25) is 0 Å². The van der Waals surface area contributed by atoms with Crippen molar-refractivity contribution in [3.8, 4) is 11.3 Å². The molecule has 4 heteroatoms. The Labute approximate surface area is 90.0 Å². The number of benzene rings is 1. The van der Waals surface area contributed by atoms with Crippen LogP contribution in [0, 0.1) is 6.92 Å². The van der Waals surface area contributed by atoms with E-state index >= 15 is 0 Å². The largest absolute Gasteiger partial charge is 0.394 e. The number of anilines is 1. The summed E-state index contributed by atoms with van der Waals surface area (Å²) in [6.07, 6.45) is 1.51. The van der Waals surface area contributed by atoms with Crippen LogP contribution in [0.15, 0.2) is 33.4 Å².